The molecule has 0 atom stereocenters. The lowest BCUT2D eigenvalue weighted by molar-refractivity contribution is 0.585. The number of rotatable bonds is 1. The maximum absolute atomic E-state index is 6.07. The summed E-state index contributed by atoms with van der Waals surface area (Å²) in [5, 5.41) is 4.82. The van der Waals surface area contributed by atoms with E-state index in [9.17, 15) is 0 Å². The number of benzene rings is 1. The van der Waals surface area contributed by atoms with Crippen molar-refractivity contribution in [3.63, 3.8) is 0 Å². The van der Waals surface area contributed by atoms with Crippen LogP contribution in [0, 0.1) is 0 Å². The molecule has 0 aliphatic rings. The van der Waals surface area contributed by atoms with Gasteiger partial charge >= 0.3 is 0 Å². The van der Waals surface area contributed by atoms with Crippen LogP contribution in [0.1, 0.15) is 20.8 Å². The van der Waals surface area contributed by atoms with Gasteiger partial charge in [-0.15, -0.1) is 24.0 Å². The van der Waals surface area contributed by atoms with E-state index >= 15 is 0 Å². The summed E-state index contributed by atoms with van der Waals surface area (Å²) in [4.78, 5) is 4.57. The molecule has 0 amide bonds. The number of amidine groups is 1. The molecule has 96 valence electrons. The monoisotopic (exact) mass is 384 g/mol. The second-order valence-electron chi connectivity index (χ2n) is 4.40. The van der Waals surface area contributed by atoms with Crippen LogP contribution in [-0.2, 0) is 0 Å². The Balaban J connectivity index is 0.00000256. The van der Waals surface area contributed by atoms with E-state index in [4.69, 9.17) is 11.6 Å². The molecule has 5 heteroatoms. The number of nitrogens with zero attached hydrogens (tertiary/aromatic N) is 1. The van der Waals surface area contributed by atoms with Crippen molar-refractivity contribution in [3.8, 4) is 0 Å². The van der Waals surface area contributed by atoms with E-state index in [-0.39, 0.29) is 29.5 Å². The lowest BCUT2D eigenvalue weighted by atomic mass is 10.1. The van der Waals surface area contributed by atoms with Gasteiger partial charge in [-0.05, 0) is 39.2 Å². The first kappa shape index (κ1) is 17.1. The average Bonchev–Trinajstić information content (AvgIpc) is 2.18. The van der Waals surface area contributed by atoms with Crippen LogP contribution in [0.4, 0.5) is 5.69 Å². The third-order valence-corrected chi connectivity index (χ3v) is 2.66. The molecule has 0 aromatic heterocycles. The number of hydrogen-bond donors (Lipinski definition) is 1. The molecule has 1 aromatic rings. The van der Waals surface area contributed by atoms with Gasteiger partial charge in [-0.2, -0.15) is 0 Å². The Kier molecular flexibility index (Phi) is 7.51. The Morgan fingerprint density at radius 3 is 2.35 bits per heavy atom. The Hall–Kier alpha value is 0.0600. The van der Waals surface area contributed by atoms with Crippen molar-refractivity contribution in [2.24, 2.45) is 4.99 Å². The number of thioether (sulfide) groups is 1. The third kappa shape index (κ3) is 6.52. The number of hydrogen-bond acceptors (Lipinski definition) is 2. The highest BCUT2D eigenvalue weighted by molar-refractivity contribution is 14.0. The van der Waals surface area contributed by atoms with E-state index in [1.54, 1.807) is 11.8 Å². The molecule has 1 N–H and O–H groups in total. The summed E-state index contributed by atoms with van der Waals surface area (Å²) < 4.78 is 0. The first-order chi connectivity index (χ1) is 7.42. The van der Waals surface area contributed by atoms with Crippen LogP contribution in [0.2, 0.25) is 5.02 Å². The first-order valence-corrected chi connectivity index (χ1v) is 6.68. The van der Waals surface area contributed by atoms with Crippen LogP contribution in [0.15, 0.2) is 29.3 Å². The fraction of sp³-hybridized carbons (Fsp3) is 0.417. The number of nitrogens with one attached hydrogen (secondary N) is 1. The van der Waals surface area contributed by atoms with E-state index in [1.165, 1.54) is 0 Å². The molecule has 0 unspecified atom stereocenters. The van der Waals surface area contributed by atoms with E-state index in [2.05, 4.69) is 31.1 Å². The van der Waals surface area contributed by atoms with Gasteiger partial charge < -0.3 is 5.32 Å². The topological polar surface area (TPSA) is 24.4 Å². The maximum Gasteiger partial charge on any atom is 0.161 e. The summed E-state index contributed by atoms with van der Waals surface area (Å²) >= 11 is 7.65. The summed E-state index contributed by atoms with van der Waals surface area (Å²) in [6.45, 7) is 6.20. The first-order valence-electron chi connectivity index (χ1n) is 5.08. The molecule has 17 heavy (non-hydrogen) atoms. The zero-order valence-corrected chi connectivity index (χ0v) is 14.4. The molecular formula is C12H18ClIN2S. The van der Waals surface area contributed by atoms with Gasteiger partial charge in [0.25, 0.3) is 0 Å². The van der Waals surface area contributed by atoms with Crippen molar-refractivity contribution in [2.75, 3.05) is 11.6 Å². The summed E-state index contributed by atoms with van der Waals surface area (Å²) in [7, 11) is 0. The van der Waals surface area contributed by atoms with E-state index in [0.29, 0.717) is 5.02 Å². The van der Waals surface area contributed by atoms with E-state index in [1.807, 2.05) is 30.5 Å². The second-order valence-corrected chi connectivity index (χ2v) is 5.60. The standard InChI is InChI=1S/C12H17ClN2S.HI/c1-12(2,3)15-11(16-4)14-10-8-6-5-7-9(10)13;/h5-8H,1-4H3,(H,14,15);1H. The van der Waals surface area contributed by atoms with Crippen molar-refractivity contribution in [1.82, 2.24) is 0 Å². The summed E-state index contributed by atoms with van der Waals surface area (Å²) in [5.74, 6) is 0. The lowest BCUT2D eigenvalue weighted by Crippen LogP contribution is -2.17. The summed E-state index contributed by atoms with van der Waals surface area (Å²) in [6, 6.07) is 7.66. The normalized spacial score (nSPS) is 11.9. The molecular weight excluding hydrogens is 367 g/mol. The van der Waals surface area contributed by atoms with Crippen molar-refractivity contribution < 1.29 is 0 Å². The maximum atomic E-state index is 6.07. The Morgan fingerprint density at radius 1 is 1.29 bits per heavy atom. The molecule has 0 aliphatic carbocycles. The van der Waals surface area contributed by atoms with Gasteiger partial charge in [-0.1, -0.05) is 35.5 Å². The molecule has 0 radical (unpaired) electrons. The van der Waals surface area contributed by atoms with E-state index < -0.39 is 0 Å². The largest absolute Gasteiger partial charge is 0.334 e. The third-order valence-electron chi connectivity index (χ3n) is 1.75. The molecule has 2 nitrogen and oxygen atoms in total. The Labute approximate surface area is 130 Å². The lowest BCUT2D eigenvalue weighted by Gasteiger charge is -2.16. The molecule has 0 bridgehead atoms. The van der Waals surface area contributed by atoms with Gasteiger partial charge in [0.05, 0.1) is 16.2 Å². The average molecular weight is 385 g/mol. The van der Waals surface area contributed by atoms with Crippen molar-refractivity contribution in [2.45, 2.75) is 26.3 Å². The fourth-order valence-corrected chi connectivity index (χ4v) is 1.87. The van der Waals surface area contributed by atoms with Gasteiger partial charge in [-0.25, -0.2) is 0 Å². The van der Waals surface area contributed by atoms with E-state index in [0.717, 1.165) is 10.9 Å². The van der Waals surface area contributed by atoms with Gasteiger partial charge in [0.2, 0.25) is 0 Å². The minimum absolute atomic E-state index is 0. The fourth-order valence-electron chi connectivity index (χ4n) is 1.11. The Bertz CT molecular complexity index is 388. The van der Waals surface area contributed by atoms with Gasteiger partial charge in [-0.3, -0.25) is 4.99 Å². The summed E-state index contributed by atoms with van der Waals surface area (Å²) in [5.41, 5.74) is 0.800. The molecule has 1 rings (SSSR count). The molecule has 0 saturated carbocycles. The van der Waals surface area contributed by atoms with Gasteiger partial charge in [0.15, 0.2) is 5.17 Å². The minimum atomic E-state index is -0.0907. The van der Waals surface area contributed by atoms with Gasteiger partial charge in [0.1, 0.15) is 0 Å². The molecule has 0 heterocycles. The number of aliphatic imine (C=N–C) groups is 1. The zero-order chi connectivity index (χ0) is 12.2. The molecule has 0 aliphatic heterocycles. The van der Waals surface area contributed by atoms with Crippen molar-refractivity contribution in [1.29, 1.82) is 0 Å². The smallest absolute Gasteiger partial charge is 0.161 e. The number of anilines is 1. The molecule has 0 saturated heterocycles. The van der Waals surface area contributed by atoms with Crippen LogP contribution in [0.25, 0.3) is 0 Å². The zero-order valence-electron chi connectivity index (χ0n) is 10.5. The number of halogens is 2. The second kappa shape index (κ2) is 7.48. The molecule has 1 aromatic carbocycles. The predicted molar refractivity (Wildman–Crippen MR) is 91.2 cm³/mol. The van der Waals surface area contributed by atoms with Gasteiger partial charge in [0, 0.05) is 0 Å². The van der Waals surface area contributed by atoms with Crippen LogP contribution in [0.3, 0.4) is 0 Å². The molecule has 0 spiro atoms. The predicted octanol–water partition coefficient (Wildman–Crippen LogP) is 4.89. The highest BCUT2D eigenvalue weighted by Gasteiger charge is 2.10. The SMILES string of the molecule is CSC(=NC(C)(C)C)Nc1ccccc1Cl.I. The van der Waals surface area contributed by atoms with Crippen LogP contribution in [0.5, 0.6) is 0 Å². The Morgan fingerprint density at radius 2 is 1.88 bits per heavy atom. The minimum Gasteiger partial charge on any atom is -0.334 e. The summed E-state index contributed by atoms with van der Waals surface area (Å²) in [6.07, 6.45) is 1.99. The number of para-hydroxylation sites is 1. The highest BCUT2D eigenvalue weighted by Crippen LogP contribution is 2.22. The van der Waals surface area contributed by atoms with Crippen molar-refractivity contribution >= 4 is 58.2 Å². The van der Waals surface area contributed by atoms with Crippen molar-refractivity contribution in [3.05, 3.63) is 29.3 Å². The highest BCUT2D eigenvalue weighted by atomic mass is 127. The van der Waals surface area contributed by atoms with Crippen LogP contribution in [-0.4, -0.2) is 17.0 Å². The van der Waals surface area contributed by atoms with Crippen LogP contribution < -0.4 is 5.32 Å². The molecule has 0 fully saturated rings. The quantitative estimate of drug-likeness (QED) is 0.423. The van der Waals surface area contributed by atoms with Crippen LogP contribution >= 0.6 is 47.3 Å².